The molecule has 0 fully saturated rings. The number of benzene rings is 1. The maximum atomic E-state index is 12.2. The summed E-state index contributed by atoms with van der Waals surface area (Å²) >= 11 is 0. The van der Waals surface area contributed by atoms with Gasteiger partial charge < -0.3 is 9.26 Å². The molecule has 0 bridgehead atoms. The molecule has 0 spiro atoms. The molecule has 3 rings (SSSR count). The molecule has 1 aliphatic rings. The number of hydrogen-bond donors (Lipinski definition) is 0. The van der Waals surface area contributed by atoms with Gasteiger partial charge in [0.25, 0.3) is 11.8 Å². The Hall–Kier alpha value is -2.96. The van der Waals surface area contributed by atoms with Gasteiger partial charge in [-0.3, -0.25) is 14.5 Å². The molecule has 24 heavy (non-hydrogen) atoms. The minimum absolute atomic E-state index is 0.00384. The number of imide groups is 1. The van der Waals surface area contributed by atoms with E-state index in [4.69, 9.17) is 9.26 Å². The van der Waals surface area contributed by atoms with Crippen molar-refractivity contribution in [3.8, 4) is 0 Å². The van der Waals surface area contributed by atoms with Crippen LogP contribution in [0.2, 0.25) is 0 Å². The van der Waals surface area contributed by atoms with Crippen LogP contribution in [0, 0.1) is 6.92 Å². The van der Waals surface area contributed by atoms with E-state index in [0.717, 1.165) is 4.90 Å². The lowest BCUT2D eigenvalue weighted by molar-refractivity contribution is 0.0418. The smallest absolute Gasteiger partial charge is 0.343 e. The summed E-state index contributed by atoms with van der Waals surface area (Å²) in [6.45, 7) is 3.40. The van der Waals surface area contributed by atoms with Crippen molar-refractivity contribution in [1.29, 1.82) is 0 Å². The number of hydrogen-bond acceptors (Lipinski definition) is 6. The van der Waals surface area contributed by atoms with E-state index in [-0.39, 0.29) is 25.0 Å². The van der Waals surface area contributed by atoms with E-state index in [1.807, 2.05) is 6.92 Å². The van der Waals surface area contributed by atoms with E-state index < -0.39 is 5.97 Å². The quantitative estimate of drug-likeness (QED) is 0.616. The molecule has 0 radical (unpaired) electrons. The Kier molecular flexibility index (Phi) is 4.16. The van der Waals surface area contributed by atoms with Gasteiger partial charge in [-0.2, -0.15) is 0 Å². The van der Waals surface area contributed by atoms with Gasteiger partial charge in [0.1, 0.15) is 17.9 Å². The van der Waals surface area contributed by atoms with Gasteiger partial charge in [-0.05, 0) is 25.5 Å². The van der Waals surface area contributed by atoms with Crippen LogP contribution in [0.5, 0.6) is 0 Å². The molecule has 0 unspecified atom stereocenters. The summed E-state index contributed by atoms with van der Waals surface area (Å²) in [5.41, 5.74) is 1.58. The van der Waals surface area contributed by atoms with Crippen LogP contribution in [0.25, 0.3) is 0 Å². The fourth-order valence-electron chi connectivity index (χ4n) is 2.66. The van der Waals surface area contributed by atoms with Gasteiger partial charge in [-0.1, -0.05) is 24.2 Å². The zero-order valence-corrected chi connectivity index (χ0v) is 13.4. The molecule has 0 saturated carbocycles. The van der Waals surface area contributed by atoms with Crippen LogP contribution in [0.1, 0.15) is 49.5 Å². The number of carbonyl (C=O) groups is 3. The summed E-state index contributed by atoms with van der Waals surface area (Å²) in [5.74, 6) is -0.927. The van der Waals surface area contributed by atoms with E-state index in [1.165, 1.54) is 0 Å². The molecule has 1 aromatic heterocycles. The zero-order valence-electron chi connectivity index (χ0n) is 13.4. The van der Waals surface area contributed by atoms with Gasteiger partial charge in [0.15, 0.2) is 0 Å². The summed E-state index contributed by atoms with van der Waals surface area (Å²) in [5, 5.41) is 3.80. The molecule has 124 valence electrons. The monoisotopic (exact) mass is 328 g/mol. The van der Waals surface area contributed by atoms with Gasteiger partial charge in [0.05, 0.1) is 23.4 Å². The predicted molar refractivity (Wildman–Crippen MR) is 82.7 cm³/mol. The Morgan fingerprint density at radius 2 is 1.83 bits per heavy atom. The average Bonchev–Trinajstić information content (AvgIpc) is 3.08. The lowest BCUT2D eigenvalue weighted by atomic mass is 10.1. The number of esters is 1. The van der Waals surface area contributed by atoms with Crippen LogP contribution < -0.4 is 0 Å². The van der Waals surface area contributed by atoms with E-state index in [1.54, 1.807) is 31.2 Å². The van der Waals surface area contributed by atoms with E-state index in [2.05, 4.69) is 5.16 Å². The first-order valence-corrected chi connectivity index (χ1v) is 7.62. The number of fused-ring (bicyclic) bond motifs is 1. The van der Waals surface area contributed by atoms with Crippen molar-refractivity contribution in [2.75, 3.05) is 13.2 Å². The van der Waals surface area contributed by atoms with Crippen LogP contribution in [0.3, 0.4) is 0 Å². The molecular formula is C17H16N2O5. The summed E-state index contributed by atoms with van der Waals surface area (Å²) in [6, 6.07) is 6.62. The number of aromatic nitrogens is 1. The highest BCUT2D eigenvalue weighted by Gasteiger charge is 2.35. The summed E-state index contributed by atoms with van der Waals surface area (Å²) < 4.78 is 10.2. The third kappa shape index (κ3) is 2.58. The second-order valence-electron chi connectivity index (χ2n) is 5.36. The van der Waals surface area contributed by atoms with Crippen molar-refractivity contribution in [3.05, 3.63) is 52.4 Å². The molecule has 2 heterocycles. The maximum absolute atomic E-state index is 12.2. The molecule has 1 aromatic carbocycles. The second kappa shape index (κ2) is 6.27. The fraction of sp³-hybridized carbons (Fsp3) is 0.294. The number of amides is 2. The topological polar surface area (TPSA) is 89.7 Å². The molecule has 7 heteroatoms. The Morgan fingerprint density at radius 3 is 2.42 bits per heavy atom. The number of ether oxygens (including phenoxy) is 1. The lowest BCUT2D eigenvalue weighted by Crippen LogP contribution is -2.33. The molecule has 1 aliphatic heterocycles. The van der Waals surface area contributed by atoms with E-state index in [9.17, 15) is 14.4 Å². The van der Waals surface area contributed by atoms with Gasteiger partial charge in [-0.15, -0.1) is 0 Å². The van der Waals surface area contributed by atoms with Crippen molar-refractivity contribution in [2.45, 2.75) is 20.3 Å². The van der Waals surface area contributed by atoms with Crippen LogP contribution in [-0.2, 0) is 11.2 Å². The third-order valence-electron chi connectivity index (χ3n) is 3.90. The molecule has 2 aromatic rings. The van der Waals surface area contributed by atoms with Crippen LogP contribution >= 0.6 is 0 Å². The van der Waals surface area contributed by atoms with Crippen LogP contribution in [-0.4, -0.2) is 41.0 Å². The molecule has 0 atom stereocenters. The molecule has 0 saturated heterocycles. The van der Waals surface area contributed by atoms with E-state index in [0.29, 0.717) is 34.6 Å². The first kappa shape index (κ1) is 15.9. The van der Waals surface area contributed by atoms with Crippen molar-refractivity contribution >= 4 is 17.8 Å². The predicted octanol–water partition coefficient (Wildman–Crippen LogP) is 2.00. The Bertz CT molecular complexity index is 789. The third-order valence-corrected chi connectivity index (χ3v) is 3.90. The lowest BCUT2D eigenvalue weighted by Gasteiger charge is -2.13. The van der Waals surface area contributed by atoms with Crippen molar-refractivity contribution < 1.29 is 23.6 Å². The number of nitrogens with zero attached hydrogens (tertiary/aromatic N) is 2. The van der Waals surface area contributed by atoms with Crippen LogP contribution in [0.4, 0.5) is 0 Å². The molecule has 7 nitrogen and oxygen atoms in total. The first-order chi connectivity index (χ1) is 11.5. The van der Waals surface area contributed by atoms with Gasteiger partial charge >= 0.3 is 5.97 Å². The van der Waals surface area contributed by atoms with Gasteiger partial charge in [0, 0.05) is 0 Å². The normalized spacial score (nSPS) is 13.3. The SMILES string of the molecule is CCc1noc(C)c1C(=O)OCCN1C(=O)c2ccccc2C1=O. The minimum atomic E-state index is -0.567. The minimum Gasteiger partial charge on any atom is -0.460 e. The fourth-order valence-corrected chi connectivity index (χ4v) is 2.66. The number of aryl methyl sites for hydroxylation is 2. The van der Waals surface area contributed by atoms with Crippen molar-refractivity contribution in [3.63, 3.8) is 0 Å². The van der Waals surface area contributed by atoms with E-state index >= 15 is 0 Å². The molecular weight excluding hydrogens is 312 g/mol. The largest absolute Gasteiger partial charge is 0.460 e. The van der Waals surface area contributed by atoms with Crippen molar-refractivity contribution in [2.24, 2.45) is 0 Å². The highest BCUT2D eigenvalue weighted by molar-refractivity contribution is 6.21. The highest BCUT2D eigenvalue weighted by atomic mass is 16.5. The van der Waals surface area contributed by atoms with Crippen molar-refractivity contribution in [1.82, 2.24) is 10.1 Å². The molecule has 0 aliphatic carbocycles. The van der Waals surface area contributed by atoms with Gasteiger partial charge in [0.2, 0.25) is 0 Å². The maximum Gasteiger partial charge on any atom is 0.343 e. The Balaban J connectivity index is 1.63. The highest BCUT2D eigenvalue weighted by Crippen LogP contribution is 2.22. The zero-order chi connectivity index (χ0) is 17.3. The van der Waals surface area contributed by atoms with Gasteiger partial charge in [-0.25, -0.2) is 4.79 Å². The summed E-state index contributed by atoms with van der Waals surface area (Å²) in [6.07, 6.45) is 0.542. The second-order valence-corrected chi connectivity index (χ2v) is 5.36. The summed E-state index contributed by atoms with van der Waals surface area (Å²) in [4.78, 5) is 37.6. The average molecular weight is 328 g/mol. The Labute approximate surface area is 138 Å². The molecule has 2 amide bonds. The Morgan fingerprint density at radius 1 is 1.21 bits per heavy atom. The number of rotatable bonds is 5. The first-order valence-electron chi connectivity index (χ1n) is 7.62. The standard InChI is InChI=1S/C17H16N2O5/c1-3-13-14(10(2)24-18-13)17(22)23-9-8-19-15(20)11-6-4-5-7-12(11)16(19)21/h4-7H,3,8-9H2,1-2H3. The van der Waals surface area contributed by atoms with Crippen LogP contribution in [0.15, 0.2) is 28.8 Å². The molecule has 0 N–H and O–H groups in total. The number of carbonyl (C=O) groups excluding carboxylic acids is 3. The summed E-state index contributed by atoms with van der Waals surface area (Å²) in [7, 11) is 0.